The van der Waals surface area contributed by atoms with Crippen molar-refractivity contribution < 1.29 is 13.6 Å². The van der Waals surface area contributed by atoms with Crippen molar-refractivity contribution in [1.82, 2.24) is 0 Å². The fourth-order valence-corrected chi connectivity index (χ4v) is 8.74. The molecular formula is C52H32N2O3. The van der Waals surface area contributed by atoms with Crippen molar-refractivity contribution in [2.75, 3.05) is 9.80 Å². The van der Waals surface area contributed by atoms with E-state index >= 15 is 0 Å². The summed E-state index contributed by atoms with van der Waals surface area (Å²) in [5, 5.41) is 6.51. The summed E-state index contributed by atoms with van der Waals surface area (Å²) in [5.41, 5.74) is 11.6. The van der Waals surface area contributed by atoms with Crippen molar-refractivity contribution in [2.24, 2.45) is 0 Å². The number of benzene rings is 9. The van der Waals surface area contributed by atoms with E-state index in [2.05, 4.69) is 174 Å². The fourth-order valence-electron chi connectivity index (χ4n) is 8.74. The van der Waals surface area contributed by atoms with Crippen molar-refractivity contribution in [2.45, 2.75) is 0 Å². The number of rotatable bonds is 6. The normalized spacial score (nSPS) is 12.0. The molecule has 5 nitrogen and oxygen atoms in total. The molecule has 0 radical (unpaired) electrons. The molecule has 57 heavy (non-hydrogen) atoms. The molecule has 2 aromatic heterocycles. The van der Waals surface area contributed by atoms with Crippen molar-refractivity contribution in [1.29, 1.82) is 0 Å². The van der Waals surface area contributed by atoms with Gasteiger partial charge in [-0.15, -0.1) is 0 Å². The Hall–Kier alpha value is -7.76. The number of hydrogen-bond acceptors (Lipinski definition) is 5. The van der Waals surface area contributed by atoms with Gasteiger partial charge in [-0.05, 0) is 78.4 Å². The van der Waals surface area contributed by atoms with Gasteiger partial charge in [0.05, 0.1) is 22.7 Å². The number of anilines is 6. The van der Waals surface area contributed by atoms with Gasteiger partial charge < -0.3 is 23.4 Å². The van der Waals surface area contributed by atoms with E-state index in [4.69, 9.17) is 13.6 Å². The Labute approximate surface area is 327 Å². The molecular weight excluding hydrogens is 701 g/mol. The zero-order valence-electron chi connectivity index (χ0n) is 30.6. The largest absolute Gasteiger partial charge is 0.456 e. The molecule has 0 aliphatic carbocycles. The van der Waals surface area contributed by atoms with Gasteiger partial charge in [0.2, 0.25) is 0 Å². The van der Waals surface area contributed by atoms with E-state index in [1.807, 2.05) is 30.3 Å². The van der Waals surface area contributed by atoms with Crippen LogP contribution >= 0.6 is 0 Å². The lowest BCUT2D eigenvalue weighted by Gasteiger charge is -2.30. The summed E-state index contributed by atoms with van der Waals surface area (Å²) in [4.78, 5) is 4.56. The Morgan fingerprint density at radius 3 is 1.51 bits per heavy atom. The lowest BCUT2D eigenvalue weighted by atomic mass is 9.93. The van der Waals surface area contributed by atoms with E-state index in [1.54, 1.807) is 0 Å². The lowest BCUT2D eigenvalue weighted by Crippen LogP contribution is -2.12. The highest BCUT2D eigenvalue weighted by Crippen LogP contribution is 2.53. The zero-order valence-corrected chi connectivity index (χ0v) is 30.6. The van der Waals surface area contributed by atoms with Gasteiger partial charge in [0, 0.05) is 55.3 Å². The average molecular weight is 733 g/mol. The quantitative estimate of drug-likeness (QED) is 0.170. The van der Waals surface area contributed by atoms with E-state index in [0.717, 1.165) is 111 Å². The number of hydrogen-bond donors (Lipinski definition) is 0. The van der Waals surface area contributed by atoms with Crippen molar-refractivity contribution >= 4 is 88.8 Å². The second-order valence-electron chi connectivity index (χ2n) is 14.4. The van der Waals surface area contributed by atoms with Gasteiger partial charge in [-0.2, -0.15) is 0 Å². The van der Waals surface area contributed by atoms with Crippen LogP contribution in [0.5, 0.6) is 11.5 Å². The summed E-state index contributed by atoms with van der Waals surface area (Å²) >= 11 is 0. The third-order valence-corrected chi connectivity index (χ3v) is 11.2. The third-order valence-electron chi connectivity index (χ3n) is 11.2. The summed E-state index contributed by atoms with van der Waals surface area (Å²) in [7, 11) is 0. The van der Waals surface area contributed by atoms with Crippen molar-refractivity contribution in [3.8, 4) is 22.6 Å². The van der Waals surface area contributed by atoms with Crippen LogP contribution in [0.3, 0.4) is 0 Å². The molecule has 0 N–H and O–H groups in total. The van der Waals surface area contributed by atoms with Gasteiger partial charge in [0.25, 0.3) is 0 Å². The molecule has 12 rings (SSSR count). The molecule has 0 unspecified atom stereocenters. The van der Waals surface area contributed by atoms with Gasteiger partial charge in [0.1, 0.15) is 22.7 Å². The first-order valence-corrected chi connectivity index (χ1v) is 19.2. The summed E-state index contributed by atoms with van der Waals surface area (Å²) in [6, 6.07) is 67.5. The van der Waals surface area contributed by atoms with Crippen LogP contribution in [0.2, 0.25) is 0 Å². The first kappa shape index (κ1) is 31.6. The highest BCUT2D eigenvalue weighted by atomic mass is 16.5. The van der Waals surface area contributed by atoms with Crippen LogP contribution in [0.4, 0.5) is 34.1 Å². The number of furan rings is 2. The average Bonchev–Trinajstić information content (AvgIpc) is 3.85. The van der Waals surface area contributed by atoms with Crippen LogP contribution in [0.25, 0.3) is 65.8 Å². The Kier molecular flexibility index (Phi) is 6.86. The van der Waals surface area contributed by atoms with E-state index in [1.165, 1.54) is 0 Å². The number of nitrogens with zero attached hydrogens (tertiary/aromatic N) is 2. The van der Waals surface area contributed by atoms with E-state index in [9.17, 15) is 0 Å². The van der Waals surface area contributed by atoms with Crippen molar-refractivity contribution in [3.05, 3.63) is 194 Å². The van der Waals surface area contributed by atoms with Gasteiger partial charge in [-0.3, -0.25) is 0 Å². The molecule has 0 spiro atoms. The number of fused-ring (bicyclic) bond motifs is 8. The first-order valence-electron chi connectivity index (χ1n) is 19.2. The molecule has 1 aliphatic heterocycles. The van der Waals surface area contributed by atoms with Crippen LogP contribution in [-0.2, 0) is 0 Å². The van der Waals surface area contributed by atoms with E-state index in [-0.39, 0.29) is 0 Å². The van der Waals surface area contributed by atoms with Gasteiger partial charge in [-0.25, -0.2) is 0 Å². The second-order valence-corrected chi connectivity index (χ2v) is 14.4. The molecule has 1 aliphatic rings. The second kappa shape index (κ2) is 12.4. The summed E-state index contributed by atoms with van der Waals surface area (Å²) in [5.74, 6) is 1.61. The molecule has 0 atom stereocenters. The highest BCUT2D eigenvalue weighted by molar-refractivity contribution is 6.15. The predicted molar refractivity (Wildman–Crippen MR) is 233 cm³/mol. The monoisotopic (exact) mass is 732 g/mol. The Morgan fingerprint density at radius 2 is 0.842 bits per heavy atom. The minimum absolute atomic E-state index is 0.796. The third kappa shape index (κ3) is 4.82. The van der Waals surface area contributed by atoms with Gasteiger partial charge >= 0.3 is 0 Å². The maximum absolute atomic E-state index is 6.92. The lowest BCUT2D eigenvalue weighted by molar-refractivity contribution is 0.487. The minimum Gasteiger partial charge on any atom is -0.456 e. The smallest absolute Gasteiger partial charge is 0.159 e. The molecule has 0 saturated heterocycles. The molecule has 0 bridgehead atoms. The summed E-state index contributed by atoms with van der Waals surface area (Å²) in [6.45, 7) is 0. The predicted octanol–water partition coefficient (Wildman–Crippen LogP) is 15.4. The maximum atomic E-state index is 6.92. The molecule has 9 aromatic carbocycles. The maximum Gasteiger partial charge on any atom is 0.159 e. The minimum atomic E-state index is 0.796. The molecule has 11 aromatic rings. The molecule has 0 fully saturated rings. The van der Waals surface area contributed by atoms with Gasteiger partial charge in [0.15, 0.2) is 11.2 Å². The Bertz CT molecular complexity index is 3350. The standard InChI is InChI=1S/C52H32N2O3/c1-3-14-33(15-4-1)53(44-23-11-20-40-36-18-7-9-25-46(36)56-51(40)44)35-28-29-38-39-30-31-43(42-22-13-27-48(50(39)42)55-49(38)32-35)54(34-16-5-2-6-17-34)45-24-12-21-41-37-19-8-10-26-47(37)57-52(41)45/h1-32H. The Morgan fingerprint density at radius 1 is 0.316 bits per heavy atom. The fraction of sp³-hybridized carbons (Fsp3) is 0. The molecule has 0 amide bonds. The number of para-hydroxylation sites is 6. The highest BCUT2D eigenvalue weighted by Gasteiger charge is 2.27. The molecule has 268 valence electrons. The SMILES string of the molecule is c1ccc(N(c2ccc3c(c2)Oc2cccc4c(N(c5ccccc5)c5cccc6c5oc5ccccc56)ccc-3c24)c2cccc3c2oc2ccccc23)cc1. The molecule has 3 heterocycles. The summed E-state index contributed by atoms with van der Waals surface area (Å²) in [6.07, 6.45) is 0. The number of ether oxygens (including phenoxy) is 1. The summed E-state index contributed by atoms with van der Waals surface area (Å²) < 4.78 is 20.1. The van der Waals surface area contributed by atoms with Crippen LogP contribution in [0.1, 0.15) is 0 Å². The van der Waals surface area contributed by atoms with Crippen LogP contribution in [0, 0.1) is 0 Å². The van der Waals surface area contributed by atoms with Crippen molar-refractivity contribution in [3.63, 3.8) is 0 Å². The van der Waals surface area contributed by atoms with E-state index in [0.29, 0.717) is 0 Å². The van der Waals surface area contributed by atoms with Gasteiger partial charge in [-0.1, -0.05) is 115 Å². The molecule has 5 heteroatoms. The van der Waals surface area contributed by atoms with E-state index < -0.39 is 0 Å². The molecule has 0 saturated carbocycles. The van der Waals surface area contributed by atoms with Crippen LogP contribution in [-0.4, -0.2) is 0 Å². The Balaban J connectivity index is 1.03. The van der Waals surface area contributed by atoms with Crippen LogP contribution in [0.15, 0.2) is 203 Å². The first-order chi connectivity index (χ1) is 28.3. The van der Waals surface area contributed by atoms with Crippen LogP contribution < -0.4 is 14.5 Å². The topological polar surface area (TPSA) is 42.0 Å². The zero-order chi connectivity index (χ0) is 37.5.